The Hall–Kier alpha value is -0.770. The number of aliphatic hydroxyl groups excluding tert-OH is 4. The number of hydrogen-bond donors (Lipinski definition) is 5. The summed E-state index contributed by atoms with van der Waals surface area (Å²) < 4.78 is 10.3. The molecule has 0 aromatic rings. The molecule has 0 spiro atoms. The van der Waals surface area contributed by atoms with Gasteiger partial charge in [-0.3, -0.25) is 4.79 Å². The van der Waals surface area contributed by atoms with E-state index >= 15 is 0 Å². The number of carbonyl (C=O) groups excluding carboxylic acids is 1. The van der Waals surface area contributed by atoms with Crippen LogP contribution in [0, 0.1) is 0 Å². The lowest BCUT2D eigenvalue weighted by Gasteiger charge is -2.39. The molecule has 0 radical (unpaired) electrons. The summed E-state index contributed by atoms with van der Waals surface area (Å²) in [6.45, 7) is 1.85. The van der Waals surface area contributed by atoms with Crippen LogP contribution in [0.3, 0.4) is 0 Å². The Morgan fingerprint density at radius 1 is 1.04 bits per heavy atom. The Bertz CT molecular complexity index is 353. The molecule has 0 saturated carbocycles. The quantitative estimate of drug-likeness (QED) is 0.311. The highest BCUT2D eigenvalue weighted by molar-refractivity contribution is 5.77. The van der Waals surface area contributed by atoms with E-state index in [-0.39, 0.29) is 12.5 Å². The number of unbranched alkanes of at least 4 members (excludes halogenated alkanes) is 5. The molecule has 1 fully saturated rings. The Kier molecular flexibility index (Phi) is 10.4. The largest absolute Gasteiger partial charge is 0.394 e. The van der Waals surface area contributed by atoms with E-state index in [9.17, 15) is 20.1 Å². The molecule has 24 heavy (non-hydrogen) atoms. The maximum absolute atomic E-state index is 11.7. The van der Waals surface area contributed by atoms with Crippen LogP contribution in [0.4, 0.5) is 0 Å². The third-order valence-corrected chi connectivity index (χ3v) is 4.08. The van der Waals surface area contributed by atoms with Gasteiger partial charge >= 0.3 is 0 Å². The predicted molar refractivity (Wildman–Crippen MR) is 86.1 cm³/mol. The lowest BCUT2D eigenvalue weighted by Crippen LogP contribution is -2.59. The second kappa shape index (κ2) is 11.7. The predicted octanol–water partition coefficient (Wildman–Crippen LogP) is -0.720. The van der Waals surface area contributed by atoms with E-state index in [1.54, 1.807) is 0 Å². The normalized spacial score (nSPS) is 30.3. The summed E-state index contributed by atoms with van der Waals surface area (Å²) in [5, 5.41) is 40.8. The average Bonchev–Trinajstić information content (AvgIpc) is 2.58. The highest BCUT2D eigenvalue weighted by Gasteiger charge is 2.44. The van der Waals surface area contributed by atoms with Crippen molar-refractivity contribution in [3.8, 4) is 0 Å². The summed E-state index contributed by atoms with van der Waals surface area (Å²) in [7, 11) is 0. The van der Waals surface area contributed by atoms with Gasteiger partial charge in [0.15, 0.2) is 6.29 Å². The number of amides is 1. The van der Waals surface area contributed by atoms with Gasteiger partial charge in [-0.2, -0.15) is 0 Å². The molecule has 5 atom stereocenters. The van der Waals surface area contributed by atoms with E-state index in [1.165, 1.54) is 19.3 Å². The van der Waals surface area contributed by atoms with Gasteiger partial charge in [0.25, 0.3) is 0 Å². The van der Waals surface area contributed by atoms with Crippen molar-refractivity contribution in [2.24, 2.45) is 0 Å². The highest BCUT2D eigenvalue weighted by atomic mass is 16.7. The third kappa shape index (κ3) is 7.00. The van der Waals surface area contributed by atoms with Crippen molar-refractivity contribution in [3.05, 3.63) is 0 Å². The fourth-order valence-corrected chi connectivity index (χ4v) is 2.55. The van der Waals surface area contributed by atoms with Crippen molar-refractivity contribution >= 4 is 5.91 Å². The summed E-state index contributed by atoms with van der Waals surface area (Å²) in [6, 6.07) is 0. The molecule has 1 amide bonds. The van der Waals surface area contributed by atoms with E-state index in [1.807, 2.05) is 0 Å². The standard InChI is InChI=1S/C16H31NO7/c1-2-3-4-5-6-7-8-17-12(19)10-23-16-15(22)14(21)13(20)11(9-18)24-16/h11,13-16,18,20-22H,2-10H2,1H3,(H,17,19)/t11-,13-,14+,15-,16+/m1/s1. The van der Waals surface area contributed by atoms with E-state index in [4.69, 9.17) is 14.6 Å². The van der Waals surface area contributed by atoms with Gasteiger partial charge in [-0.15, -0.1) is 0 Å². The van der Waals surface area contributed by atoms with Crippen molar-refractivity contribution in [1.29, 1.82) is 0 Å². The molecular weight excluding hydrogens is 318 g/mol. The van der Waals surface area contributed by atoms with Crippen molar-refractivity contribution in [2.45, 2.75) is 76.2 Å². The van der Waals surface area contributed by atoms with E-state index < -0.39 is 37.3 Å². The van der Waals surface area contributed by atoms with Gasteiger partial charge in [0.2, 0.25) is 5.91 Å². The Labute approximate surface area is 142 Å². The topological polar surface area (TPSA) is 128 Å². The zero-order chi connectivity index (χ0) is 17.9. The number of carbonyl (C=O) groups is 1. The van der Waals surface area contributed by atoms with Crippen molar-refractivity contribution in [1.82, 2.24) is 5.32 Å². The fourth-order valence-electron chi connectivity index (χ4n) is 2.55. The lowest BCUT2D eigenvalue weighted by atomic mass is 9.99. The van der Waals surface area contributed by atoms with Crippen LogP contribution in [0.5, 0.6) is 0 Å². The van der Waals surface area contributed by atoms with Crippen LogP contribution in [0.1, 0.15) is 45.4 Å². The van der Waals surface area contributed by atoms with Gasteiger partial charge < -0.3 is 35.2 Å². The minimum atomic E-state index is -1.51. The maximum Gasteiger partial charge on any atom is 0.246 e. The van der Waals surface area contributed by atoms with Gasteiger partial charge in [-0.05, 0) is 6.42 Å². The monoisotopic (exact) mass is 349 g/mol. The van der Waals surface area contributed by atoms with Crippen LogP contribution in [0.15, 0.2) is 0 Å². The fraction of sp³-hybridized carbons (Fsp3) is 0.938. The Balaban J connectivity index is 2.19. The van der Waals surface area contributed by atoms with Crippen molar-refractivity contribution < 1.29 is 34.7 Å². The first-order valence-electron chi connectivity index (χ1n) is 8.70. The van der Waals surface area contributed by atoms with Gasteiger partial charge in [-0.1, -0.05) is 39.0 Å². The Morgan fingerprint density at radius 2 is 1.71 bits per heavy atom. The number of hydrogen-bond acceptors (Lipinski definition) is 7. The summed E-state index contributed by atoms with van der Waals surface area (Å²) >= 11 is 0. The molecule has 1 rings (SSSR count). The first-order valence-corrected chi connectivity index (χ1v) is 8.70. The van der Waals surface area contributed by atoms with Gasteiger partial charge in [-0.25, -0.2) is 0 Å². The summed E-state index contributed by atoms with van der Waals surface area (Å²) in [4.78, 5) is 11.7. The summed E-state index contributed by atoms with van der Waals surface area (Å²) in [5.74, 6) is -0.347. The van der Waals surface area contributed by atoms with Crippen molar-refractivity contribution in [3.63, 3.8) is 0 Å². The second-order valence-electron chi connectivity index (χ2n) is 6.13. The zero-order valence-electron chi connectivity index (χ0n) is 14.3. The molecule has 1 heterocycles. The van der Waals surface area contributed by atoms with E-state index in [0.29, 0.717) is 6.54 Å². The van der Waals surface area contributed by atoms with Crippen LogP contribution in [0.2, 0.25) is 0 Å². The number of aliphatic hydroxyl groups is 4. The van der Waals surface area contributed by atoms with Crippen LogP contribution < -0.4 is 5.32 Å². The smallest absolute Gasteiger partial charge is 0.246 e. The molecule has 1 aliphatic rings. The molecule has 5 N–H and O–H groups in total. The molecule has 0 bridgehead atoms. The van der Waals surface area contributed by atoms with Crippen molar-refractivity contribution in [2.75, 3.05) is 19.8 Å². The maximum atomic E-state index is 11.7. The minimum Gasteiger partial charge on any atom is -0.394 e. The first-order chi connectivity index (χ1) is 11.5. The molecule has 1 saturated heterocycles. The lowest BCUT2D eigenvalue weighted by molar-refractivity contribution is -0.299. The van der Waals surface area contributed by atoms with Crippen LogP contribution in [-0.2, 0) is 14.3 Å². The third-order valence-electron chi connectivity index (χ3n) is 4.08. The molecule has 8 nitrogen and oxygen atoms in total. The van der Waals surface area contributed by atoms with Crippen LogP contribution >= 0.6 is 0 Å². The first kappa shape index (κ1) is 21.3. The van der Waals surface area contributed by atoms with E-state index in [2.05, 4.69) is 12.2 Å². The van der Waals surface area contributed by atoms with Gasteiger partial charge in [0.1, 0.15) is 31.0 Å². The van der Waals surface area contributed by atoms with Gasteiger partial charge in [0.05, 0.1) is 6.61 Å². The summed E-state index contributed by atoms with van der Waals surface area (Å²) in [6.07, 6.45) is 0.0114. The Morgan fingerprint density at radius 3 is 2.38 bits per heavy atom. The minimum absolute atomic E-state index is 0.335. The second-order valence-corrected chi connectivity index (χ2v) is 6.13. The number of ether oxygens (including phenoxy) is 2. The molecule has 0 aliphatic carbocycles. The highest BCUT2D eigenvalue weighted by Crippen LogP contribution is 2.21. The average molecular weight is 349 g/mol. The van der Waals surface area contributed by atoms with Crippen LogP contribution in [-0.4, -0.2) is 76.8 Å². The molecule has 142 valence electrons. The number of rotatable bonds is 11. The molecule has 1 aliphatic heterocycles. The molecule has 0 aromatic carbocycles. The molecule has 0 aromatic heterocycles. The SMILES string of the molecule is CCCCCCCCNC(=O)CO[C@H]1O[C@H](CO)[C@@H](O)[C@H](O)[C@H]1O. The zero-order valence-corrected chi connectivity index (χ0v) is 14.3. The molecular formula is C16H31NO7. The van der Waals surface area contributed by atoms with Crippen LogP contribution in [0.25, 0.3) is 0 Å². The molecule has 8 heteroatoms. The van der Waals surface area contributed by atoms with E-state index in [0.717, 1.165) is 19.3 Å². The summed E-state index contributed by atoms with van der Waals surface area (Å²) in [5.41, 5.74) is 0. The molecule has 0 unspecified atom stereocenters. The number of nitrogens with one attached hydrogen (secondary N) is 1. The van der Waals surface area contributed by atoms with Gasteiger partial charge in [0, 0.05) is 6.54 Å².